The summed E-state index contributed by atoms with van der Waals surface area (Å²) in [5.74, 6) is -2.67. The number of piperazine rings is 1. The molecule has 2 unspecified atom stereocenters. The highest BCUT2D eigenvalue weighted by Gasteiger charge is 2.50. The first-order valence-corrected chi connectivity index (χ1v) is 11.2. The molecule has 1 saturated heterocycles. The molecule has 30 heavy (non-hydrogen) atoms. The van der Waals surface area contributed by atoms with Gasteiger partial charge < -0.3 is 9.64 Å². The lowest BCUT2D eigenvalue weighted by molar-refractivity contribution is -0.136. The minimum atomic E-state index is -2.57. The molecule has 1 aliphatic heterocycles. The fourth-order valence-electron chi connectivity index (χ4n) is 4.20. The number of carbonyl (C=O) groups is 1. The van der Waals surface area contributed by atoms with Gasteiger partial charge in [-0.2, -0.15) is 0 Å². The number of hydrogen-bond acceptors (Lipinski definition) is 3. The van der Waals surface area contributed by atoms with Crippen LogP contribution < -0.4 is 0 Å². The average Bonchev–Trinajstić information content (AvgIpc) is 2.62. The zero-order valence-corrected chi connectivity index (χ0v) is 19.7. The highest BCUT2D eigenvalue weighted by atomic mass is 35.5. The van der Waals surface area contributed by atoms with E-state index in [9.17, 15) is 13.6 Å². The summed E-state index contributed by atoms with van der Waals surface area (Å²) >= 11 is 6.01. The molecule has 4 nitrogen and oxygen atoms in total. The molecular weight excluding hydrogens is 410 g/mol. The van der Waals surface area contributed by atoms with Gasteiger partial charge in [-0.25, -0.2) is 13.6 Å². The summed E-state index contributed by atoms with van der Waals surface area (Å²) in [5.41, 5.74) is 0.458. The molecule has 1 saturated carbocycles. The van der Waals surface area contributed by atoms with E-state index in [0.29, 0.717) is 24.7 Å². The summed E-state index contributed by atoms with van der Waals surface area (Å²) in [6, 6.07) is 7.31. The number of halogens is 3. The number of benzene rings is 1. The number of amides is 1. The zero-order valence-electron chi connectivity index (χ0n) is 18.9. The third-order valence-corrected chi connectivity index (χ3v) is 5.71. The van der Waals surface area contributed by atoms with E-state index in [0.717, 1.165) is 5.56 Å². The Morgan fingerprint density at radius 1 is 1.17 bits per heavy atom. The van der Waals surface area contributed by atoms with Crippen molar-refractivity contribution < 1.29 is 18.3 Å². The molecule has 1 aliphatic carbocycles. The van der Waals surface area contributed by atoms with Gasteiger partial charge in [-0.15, -0.1) is 0 Å². The topological polar surface area (TPSA) is 32.8 Å². The largest absolute Gasteiger partial charge is 0.444 e. The molecule has 3 rings (SSSR count). The van der Waals surface area contributed by atoms with Crippen LogP contribution in [-0.2, 0) is 4.74 Å². The van der Waals surface area contributed by atoms with Crippen LogP contribution in [0.2, 0.25) is 5.02 Å². The maximum atomic E-state index is 13.6. The lowest BCUT2D eigenvalue weighted by atomic mass is 9.73. The van der Waals surface area contributed by atoms with Crippen molar-refractivity contribution in [2.24, 2.45) is 5.92 Å². The third-order valence-electron chi connectivity index (χ3n) is 5.46. The minimum Gasteiger partial charge on any atom is -0.444 e. The SMILES string of the molecule is CC.CC1CN(C(c2ccc(Cl)cc2)C2CC(F)(F)C2)CCN1C(=O)OC(C)(C)C. The predicted molar refractivity (Wildman–Crippen MR) is 117 cm³/mol. The summed E-state index contributed by atoms with van der Waals surface area (Å²) in [4.78, 5) is 16.4. The van der Waals surface area contributed by atoms with Crippen molar-refractivity contribution in [1.82, 2.24) is 9.80 Å². The van der Waals surface area contributed by atoms with Crippen LogP contribution in [0, 0.1) is 5.92 Å². The molecule has 1 amide bonds. The second-order valence-electron chi connectivity index (χ2n) is 9.04. The number of ether oxygens (including phenoxy) is 1. The molecule has 0 aromatic heterocycles. The number of nitrogens with zero attached hydrogens (tertiary/aromatic N) is 2. The molecule has 1 heterocycles. The van der Waals surface area contributed by atoms with Crippen LogP contribution in [-0.4, -0.2) is 53.1 Å². The molecule has 0 bridgehead atoms. The fraction of sp³-hybridized carbons (Fsp3) is 0.696. The zero-order chi connectivity index (χ0) is 22.7. The predicted octanol–water partition coefficient (Wildman–Crippen LogP) is 6.39. The quantitative estimate of drug-likeness (QED) is 0.541. The number of rotatable bonds is 3. The van der Waals surface area contributed by atoms with Crippen LogP contribution in [0.5, 0.6) is 0 Å². The second kappa shape index (κ2) is 9.82. The molecule has 0 spiro atoms. The van der Waals surface area contributed by atoms with Gasteiger partial charge in [-0.1, -0.05) is 37.6 Å². The number of alkyl halides is 2. The van der Waals surface area contributed by atoms with E-state index >= 15 is 0 Å². The van der Waals surface area contributed by atoms with Crippen molar-refractivity contribution in [3.63, 3.8) is 0 Å². The highest BCUT2D eigenvalue weighted by Crippen LogP contribution is 2.50. The maximum absolute atomic E-state index is 13.6. The summed E-state index contributed by atoms with van der Waals surface area (Å²) in [6.07, 6.45) is -0.514. The van der Waals surface area contributed by atoms with Crippen molar-refractivity contribution >= 4 is 17.7 Å². The normalized spacial score (nSPS) is 23.1. The smallest absolute Gasteiger partial charge is 0.410 e. The Labute approximate surface area is 184 Å². The first-order valence-electron chi connectivity index (χ1n) is 10.8. The van der Waals surface area contributed by atoms with Gasteiger partial charge in [0.25, 0.3) is 0 Å². The van der Waals surface area contributed by atoms with Crippen LogP contribution in [0.15, 0.2) is 24.3 Å². The van der Waals surface area contributed by atoms with Crippen molar-refractivity contribution in [3.8, 4) is 0 Å². The molecule has 170 valence electrons. The molecule has 2 fully saturated rings. The maximum Gasteiger partial charge on any atom is 0.410 e. The average molecular weight is 445 g/mol. The molecule has 2 atom stereocenters. The number of carbonyl (C=O) groups excluding carboxylic acids is 1. The van der Waals surface area contributed by atoms with Crippen LogP contribution in [0.4, 0.5) is 13.6 Å². The molecule has 2 aliphatic rings. The molecular formula is C23H35ClF2N2O2. The van der Waals surface area contributed by atoms with Crippen molar-refractivity contribution in [1.29, 1.82) is 0 Å². The van der Waals surface area contributed by atoms with Gasteiger partial charge >= 0.3 is 6.09 Å². The van der Waals surface area contributed by atoms with Crippen molar-refractivity contribution in [3.05, 3.63) is 34.9 Å². The first kappa shape index (κ1) is 24.9. The van der Waals surface area contributed by atoms with E-state index in [2.05, 4.69) is 4.90 Å². The van der Waals surface area contributed by atoms with Gasteiger partial charge in [0.05, 0.1) is 0 Å². The lowest BCUT2D eigenvalue weighted by Gasteiger charge is -2.49. The molecule has 0 radical (unpaired) electrons. The van der Waals surface area contributed by atoms with E-state index in [1.165, 1.54) is 0 Å². The molecule has 1 aromatic rings. The van der Waals surface area contributed by atoms with Gasteiger partial charge in [-0.05, 0) is 51.3 Å². The highest BCUT2D eigenvalue weighted by molar-refractivity contribution is 6.30. The Morgan fingerprint density at radius 2 is 1.73 bits per heavy atom. The minimum absolute atomic E-state index is 0.0565. The Kier molecular flexibility index (Phi) is 8.14. The van der Waals surface area contributed by atoms with Crippen LogP contribution in [0.1, 0.15) is 66.0 Å². The number of hydrogen-bond donors (Lipinski definition) is 0. The fourth-order valence-corrected chi connectivity index (χ4v) is 4.33. The summed E-state index contributed by atoms with van der Waals surface area (Å²) in [7, 11) is 0. The van der Waals surface area contributed by atoms with E-state index in [1.807, 2.05) is 53.7 Å². The summed E-state index contributed by atoms with van der Waals surface area (Å²) < 4.78 is 32.7. The monoisotopic (exact) mass is 444 g/mol. The van der Waals surface area contributed by atoms with Crippen LogP contribution >= 0.6 is 11.6 Å². The summed E-state index contributed by atoms with van der Waals surface area (Å²) in [5, 5.41) is 0.629. The van der Waals surface area contributed by atoms with Crippen LogP contribution in [0.25, 0.3) is 0 Å². The molecule has 0 N–H and O–H groups in total. The van der Waals surface area contributed by atoms with Crippen LogP contribution in [0.3, 0.4) is 0 Å². The van der Waals surface area contributed by atoms with Gasteiger partial charge in [0.15, 0.2) is 0 Å². The molecule has 7 heteroatoms. The Bertz CT molecular complexity index is 698. The Hall–Kier alpha value is -1.40. The van der Waals surface area contributed by atoms with E-state index in [1.54, 1.807) is 17.0 Å². The third kappa shape index (κ3) is 6.30. The Morgan fingerprint density at radius 3 is 2.20 bits per heavy atom. The van der Waals surface area contributed by atoms with Gasteiger partial charge in [-0.3, -0.25) is 4.90 Å². The van der Waals surface area contributed by atoms with Gasteiger partial charge in [0.2, 0.25) is 5.92 Å². The standard InChI is InChI=1S/C21H29ClF2N2O2.C2H6/c1-14-13-25(9-10-26(14)19(27)28-20(2,3)4)18(16-11-21(23,24)12-16)15-5-7-17(22)8-6-15;1-2/h5-8,14,16,18H,9-13H2,1-4H3;1-2H3. The van der Waals surface area contributed by atoms with Crippen molar-refractivity contribution in [2.45, 2.75) is 78.0 Å². The lowest BCUT2D eigenvalue weighted by Crippen LogP contribution is -2.57. The van der Waals surface area contributed by atoms with Crippen molar-refractivity contribution in [2.75, 3.05) is 19.6 Å². The molecule has 1 aromatic carbocycles. The Balaban J connectivity index is 0.00000155. The summed E-state index contributed by atoms with van der Waals surface area (Å²) in [6.45, 7) is 13.3. The van der Waals surface area contributed by atoms with E-state index < -0.39 is 11.5 Å². The van der Waals surface area contributed by atoms with E-state index in [4.69, 9.17) is 16.3 Å². The van der Waals surface area contributed by atoms with Gasteiger partial charge in [0.1, 0.15) is 5.60 Å². The first-order chi connectivity index (χ1) is 14.0. The van der Waals surface area contributed by atoms with Gasteiger partial charge in [0, 0.05) is 49.6 Å². The van der Waals surface area contributed by atoms with E-state index in [-0.39, 0.29) is 36.9 Å². The second-order valence-corrected chi connectivity index (χ2v) is 9.47.